The maximum Gasteiger partial charge on any atom is 0.244 e. The van der Waals surface area contributed by atoms with E-state index in [0.29, 0.717) is 19.8 Å². The zero-order valence-corrected chi connectivity index (χ0v) is 13.4. The molecule has 4 atom stereocenters. The van der Waals surface area contributed by atoms with Crippen molar-refractivity contribution in [1.29, 1.82) is 0 Å². The van der Waals surface area contributed by atoms with Crippen LogP contribution in [0.15, 0.2) is 0 Å². The Bertz CT molecular complexity index is 426. The van der Waals surface area contributed by atoms with E-state index in [1.165, 1.54) is 0 Å². The molecule has 0 aromatic carbocycles. The average molecular weight is 296 g/mol. The molecule has 5 nitrogen and oxygen atoms in total. The number of rotatable bonds is 2. The van der Waals surface area contributed by atoms with Gasteiger partial charge in [0, 0.05) is 24.5 Å². The van der Waals surface area contributed by atoms with Crippen LogP contribution < -0.4 is 5.73 Å². The van der Waals surface area contributed by atoms with Crippen molar-refractivity contribution in [3.05, 3.63) is 0 Å². The van der Waals surface area contributed by atoms with Gasteiger partial charge in [-0.15, -0.1) is 0 Å². The maximum absolute atomic E-state index is 13.2. The number of nitrogens with zero attached hydrogens (tertiary/aromatic N) is 1. The number of nitrogens with two attached hydrogens (primary N) is 1. The summed E-state index contributed by atoms with van der Waals surface area (Å²) in [6, 6.07) is 0.158. The number of hydrogen-bond donors (Lipinski definition) is 1. The van der Waals surface area contributed by atoms with Gasteiger partial charge in [0.25, 0.3) is 0 Å². The van der Waals surface area contributed by atoms with Crippen LogP contribution in [-0.2, 0) is 14.3 Å². The van der Waals surface area contributed by atoms with Crippen molar-refractivity contribution in [2.24, 2.45) is 17.1 Å². The van der Waals surface area contributed by atoms with Gasteiger partial charge in [-0.05, 0) is 19.3 Å². The minimum atomic E-state index is -0.789. The Morgan fingerprint density at radius 3 is 2.86 bits per heavy atom. The van der Waals surface area contributed by atoms with E-state index in [4.69, 9.17) is 15.2 Å². The molecule has 21 heavy (non-hydrogen) atoms. The van der Waals surface area contributed by atoms with Gasteiger partial charge in [0.1, 0.15) is 5.54 Å². The van der Waals surface area contributed by atoms with Gasteiger partial charge >= 0.3 is 0 Å². The third-order valence-corrected chi connectivity index (χ3v) is 6.00. The first-order valence-corrected chi connectivity index (χ1v) is 8.24. The molecule has 0 aromatic rings. The molecule has 3 fully saturated rings. The lowest BCUT2D eigenvalue weighted by Gasteiger charge is -2.66. The van der Waals surface area contributed by atoms with Gasteiger partial charge in [-0.1, -0.05) is 20.8 Å². The predicted molar refractivity (Wildman–Crippen MR) is 79.8 cm³/mol. The Balaban J connectivity index is 1.85. The third-order valence-electron chi connectivity index (χ3n) is 6.00. The van der Waals surface area contributed by atoms with Gasteiger partial charge < -0.3 is 20.1 Å². The van der Waals surface area contributed by atoms with E-state index < -0.39 is 5.54 Å². The molecule has 2 heterocycles. The molecule has 3 rings (SSSR count). The van der Waals surface area contributed by atoms with Gasteiger partial charge in [0.15, 0.2) is 0 Å². The first-order chi connectivity index (χ1) is 9.94. The highest BCUT2D eigenvalue weighted by Gasteiger charge is 2.71. The normalized spacial score (nSPS) is 42.1. The van der Waals surface area contributed by atoms with E-state index in [9.17, 15) is 4.79 Å². The zero-order chi connectivity index (χ0) is 15.3. The average Bonchev–Trinajstić information content (AvgIpc) is 2.53. The van der Waals surface area contributed by atoms with E-state index in [0.717, 1.165) is 25.9 Å². The molecule has 2 saturated heterocycles. The van der Waals surface area contributed by atoms with Crippen molar-refractivity contribution in [2.45, 2.75) is 57.7 Å². The van der Waals surface area contributed by atoms with Crippen LogP contribution >= 0.6 is 0 Å². The number of carbonyl (C=O) groups is 1. The first-order valence-electron chi connectivity index (χ1n) is 8.24. The minimum Gasteiger partial charge on any atom is -0.377 e. The van der Waals surface area contributed by atoms with Crippen LogP contribution in [0.4, 0.5) is 0 Å². The minimum absolute atomic E-state index is 0.106. The Kier molecular flexibility index (Phi) is 3.79. The summed E-state index contributed by atoms with van der Waals surface area (Å²) in [6.45, 7) is 8.96. The molecule has 0 spiro atoms. The Labute approximate surface area is 127 Å². The zero-order valence-electron chi connectivity index (χ0n) is 13.4. The van der Waals surface area contributed by atoms with Crippen molar-refractivity contribution >= 4 is 5.91 Å². The number of fused-ring (bicyclic) bond motifs is 1. The topological polar surface area (TPSA) is 64.8 Å². The highest BCUT2D eigenvalue weighted by atomic mass is 16.5. The lowest BCUT2D eigenvalue weighted by Crippen LogP contribution is -2.83. The van der Waals surface area contributed by atoms with Crippen LogP contribution in [0.3, 0.4) is 0 Å². The standard InChI is InChI=1S/C16H28N2O3/c1-4-11-10-20-9-7-18(11)14(19)16(17)12-6-5-8-21-13(12)15(16,2)3/h11-13H,4-10,17H2,1-3H3. The molecular formula is C16H28N2O3. The molecule has 1 saturated carbocycles. The van der Waals surface area contributed by atoms with E-state index in [1.54, 1.807) is 0 Å². The van der Waals surface area contributed by atoms with Crippen molar-refractivity contribution in [1.82, 2.24) is 4.90 Å². The van der Waals surface area contributed by atoms with Crippen molar-refractivity contribution in [3.8, 4) is 0 Å². The molecule has 120 valence electrons. The lowest BCUT2D eigenvalue weighted by molar-refractivity contribution is -0.232. The van der Waals surface area contributed by atoms with Gasteiger partial charge in [-0.2, -0.15) is 0 Å². The summed E-state index contributed by atoms with van der Waals surface area (Å²) >= 11 is 0. The fraction of sp³-hybridized carbons (Fsp3) is 0.938. The second-order valence-electron chi connectivity index (χ2n) is 7.27. The summed E-state index contributed by atoms with van der Waals surface area (Å²) in [5.41, 5.74) is 5.63. The summed E-state index contributed by atoms with van der Waals surface area (Å²) in [4.78, 5) is 15.2. The van der Waals surface area contributed by atoms with E-state index in [-0.39, 0.29) is 29.4 Å². The summed E-state index contributed by atoms with van der Waals surface area (Å²) in [5, 5.41) is 0. The van der Waals surface area contributed by atoms with Crippen LogP contribution in [0, 0.1) is 11.3 Å². The van der Waals surface area contributed by atoms with Crippen molar-refractivity contribution in [3.63, 3.8) is 0 Å². The quantitative estimate of drug-likeness (QED) is 0.830. The summed E-state index contributed by atoms with van der Waals surface area (Å²) < 4.78 is 11.4. The van der Waals surface area contributed by atoms with E-state index in [2.05, 4.69) is 20.8 Å². The monoisotopic (exact) mass is 296 g/mol. The highest BCUT2D eigenvalue weighted by molar-refractivity contribution is 5.90. The van der Waals surface area contributed by atoms with E-state index in [1.807, 2.05) is 4.90 Å². The fourth-order valence-electron chi connectivity index (χ4n) is 4.51. The molecule has 1 amide bonds. The number of amides is 1. The summed E-state index contributed by atoms with van der Waals surface area (Å²) in [5.74, 6) is 0.267. The van der Waals surface area contributed by atoms with Gasteiger partial charge in [0.2, 0.25) is 5.91 Å². The summed E-state index contributed by atoms with van der Waals surface area (Å²) in [7, 11) is 0. The van der Waals surface area contributed by atoms with Crippen molar-refractivity contribution in [2.75, 3.05) is 26.4 Å². The van der Waals surface area contributed by atoms with Crippen LogP contribution in [0.5, 0.6) is 0 Å². The SMILES string of the molecule is CCC1COCCN1C(=O)C1(N)C2CCCOC2C1(C)C. The lowest BCUT2D eigenvalue weighted by atomic mass is 9.46. The Morgan fingerprint density at radius 1 is 1.38 bits per heavy atom. The summed E-state index contributed by atoms with van der Waals surface area (Å²) in [6.07, 6.45) is 3.04. The third kappa shape index (κ3) is 1.97. The maximum atomic E-state index is 13.2. The van der Waals surface area contributed by atoms with Gasteiger partial charge in [-0.3, -0.25) is 4.79 Å². The molecule has 0 bridgehead atoms. The molecule has 4 unspecified atom stereocenters. The smallest absolute Gasteiger partial charge is 0.244 e. The van der Waals surface area contributed by atoms with E-state index >= 15 is 0 Å². The molecular weight excluding hydrogens is 268 g/mol. The number of morpholine rings is 1. The second kappa shape index (κ2) is 5.21. The number of carbonyl (C=O) groups excluding carboxylic acids is 1. The highest BCUT2D eigenvalue weighted by Crippen LogP contribution is 2.58. The van der Waals surface area contributed by atoms with Crippen LogP contribution in [0.2, 0.25) is 0 Å². The van der Waals surface area contributed by atoms with Crippen molar-refractivity contribution < 1.29 is 14.3 Å². The van der Waals surface area contributed by atoms with Gasteiger partial charge in [-0.25, -0.2) is 0 Å². The second-order valence-corrected chi connectivity index (χ2v) is 7.27. The predicted octanol–water partition coefficient (Wildman–Crippen LogP) is 1.16. The largest absolute Gasteiger partial charge is 0.377 e. The molecule has 2 aliphatic heterocycles. The van der Waals surface area contributed by atoms with Crippen LogP contribution in [0.1, 0.15) is 40.0 Å². The van der Waals surface area contributed by atoms with Crippen LogP contribution in [-0.4, -0.2) is 54.9 Å². The molecule has 3 aliphatic rings. The molecule has 2 N–H and O–H groups in total. The first kappa shape index (κ1) is 15.3. The molecule has 1 aliphatic carbocycles. The molecule has 0 radical (unpaired) electrons. The Hall–Kier alpha value is -0.650. The number of ether oxygens (including phenoxy) is 2. The number of hydrogen-bond acceptors (Lipinski definition) is 4. The fourth-order valence-corrected chi connectivity index (χ4v) is 4.51. The van der Waals surface area contributed by atoms with Gasteiger partial charge in [0.05, 0.1) is 25.4 Å². The van der Waals surface area contributed by atoms with Crippen LogP contribution in [0.25, 0.3) is 0 Å². The Morgan fingerprint density at radius 2 is 2.14 bits per heavy atom. The molecule has 0 aromatic heterocycles. The molecule has 5 heteroatoms.